The van der Waals surface area contributed by atoms with Gasteiger partial charge in [0, 0.05) is 28.8 Å². The van der Waals surface area contributed by atoms with Crippen LogP contribution in [0.4, 0.5) is 0 Å². The van der Waals surface area contributed by atoms with Crippen molar-refractivity contribution < 1.29 is 28.5 Å². The summed E-state index contributed by atoms with van der Waals surface area (Å²) in [4.78, 5) is 24.1. The molecule has 3 aromatic carbocycles. The molecule has 1 amide bonds. The fourth-order valence-corrected chi connectivity index (χ4v) is 4.54. The zero-order chi connectivity index (χ0) is 29.4. The second kappa shape index (κ2) is 13.7. The number of nitrogens with zero attached hydrogens (tertiary/aromatic N) is 4. The van der Waals surface area contributed by atoms with Crippen LogP contribution in [-0.2, 0) is 9.59 Å². The smallest absolute Gasteiger partial charge is 0.308 e. The average Bonchev–Trinajstić information content (AvgIpc) is 3.40. The number of aromatic nitrogens is 3. The Morgan fingerprint density at radius 2 is 1.63 bits per heavy atom. The Morgan fingerprint density at radius 1 is 0.976 bits per heavy atom. The van der Waals surface area contributed by atoms with E-state index in [0.29, 0.717) is 21.6 Å². The number of rotatable bonds is 11. The van der Waals surface area contributed by atoms with E-state index in [2.05, 4.69) is 20.7 Å². The van der Waals surface area contributed by atoms with Crippen molar-refractivity contribution >= 4 is 41.5 Å². The van der Waals surface area contributed by atoms with Crippen molar-refractivity contribution in [1.29, 1.82) is 0 Å². The molecule has 0 saturated heterocycles. The van der Waals surface area contributed by atoms with Crippen molar-refractivity contribution in [2.24, 2.45) is 5.10 Å². The van der Waals surface area contributed by atoms with Gasteiger partial charge in [0.05, 0.1) is 33.3 Å². The third-order valence-electron chi connectivity index (χ3n) is 5.53. The van der Waals surface area contributed by atoms with Gasteiger partial charge in [-0.25, -0.2) is 5.43 Å². The Hall–Kier alpha value is -4.55. The van der Waals surface area contributed by atoms with Gasteiger partial charge in [0.25, 0.3) is 5.91 Å². The molecule has 0 unspecified atom stereocenters. The molecule has 41 heavy (non-hydrogen) atoms. The van der Waals surface area contributed by atoms with E-state index in [-0.39, 0.29) is 28.9 Å². The lowest BCUT2D eigenvalue weighted by atomic mass is 10.2. The van der Waals surface area contributed by atoms with E-state index in [4.69, 9.17) is 30.5 Å². The van der Waals surface area contributed by atoms with E-state index < -0.39 is 5.97 Å². The molecular weight excluding hydrogens is 570 g/mol. The number of halogens is 1. The van der Waals surface area contributed by atoms with Crippen LogP contribution in [0, 0.1) is 0 Å². The quantitative estimate of drug-likeness (QED) is 0.0856. The van der Waals surface area contributed by atoms with Gasteiger partial charge >= 0.3 is 5.97 Å². The monoisotopic (exact) mass is 595 g/mol. The number of nitrogens with one attached hydrogen (secondary N) is 1. The summed E-state index contributed by atoms with van der Waals surface area (Å²) in [5, 5.41) is 13.8. The Labute approximate surface area is 245 Å². The zero-order valence-electron chi connectivity index (χ0n) is 22.6. The second-order valence-electron chi connectivity index (χ2n) is 8.28. The lowest BCUT2D eigenvalue weighted by Crippen LogP contribution is -2.20. The molecule has 0 fully saturated rings. The molecule has 0 saturated carbocycles. The molecule has 0 atom stereocenters. The SMILES string of the molecule is COc1ccc(-c2nnc(SCC(=O)N/N=C/c3cc(OC)c(OC(C)=O)c(OC)c3)n2-c2ccc(Cl)cc2)cc1. The first-order valence-electron chi connectivity index (χ1n) is 12.1. The van der Waals surface area contributed by atoms with E-state index in [1.54, 1.807) is 31.4 Å². The maximum absolute atomic E-state index is 12.6. The third kappa shape index (κ3) is 7.35. The van der Waals surface area contributed by atoms with Gasteiger partial charge in [-0.3, -0.25) is 14.2 Å². The van der Waals surface area contributed by atoms with Gasteiger partial charge in [-0.1, -0.05) is 23.4 Å². The molecule has 0 bridgehead atoms. The molecule has 0 aliphatic rings. The van der Waals surface area contributed by atoms with Crippen molar-refractivity contribution in [2.75, 3.05) is 27.1 Å². The van der Waals surface area contributed by atoms with Crippen molar-refractivity contribution in [1.82, 2.24) is 20.2 Å². The number of hydrazone groups is 1. The molecule has 212 valence electrons. The van der Waals surface area contributed by atoms with E-state index in [1.807, 2.05) is 41.0 Å². The summed E-state index contributed by atoms with van der Waals surface area (Å²) < 4.78 is 22.9. The topological polar surface area (TPSA) is 126 Å². The van der Waals surface area contributed by atoms with Crippen LogP contribution in [0.3, 0.4) is 0 Å². The van der Waals surface area contributed by atoms with Gasteiger partial charge in [0.15, 0.2) is 22.5 Å². The van der Waals surface area contributed by atoms with Crippen LogP contribution in [0.15, 0.2) is 70.9 Å². The minimum absolute atomic E-state index is 0.0176. The number of ether oxygens (including phenoxy) is 4. The first-order chi connectivity index (χ1) is 19.8. The van der Waals surface area contributed by atoms with Crippen LogP contribution in [-0.4, -0.2) is 59.9 Å². The van der Waals surface area contributed by atoms with Crippen molar-refractivity contribution in [3.63, 3.8) is 0 Å². The van der Waals surface area contributed by atoms with Crippen LogP contribution in [0.25, 0.3) is 17.1 Å². The normalized spacial score (nSPS) is 10.9. The molecule has 4 rings (SSSR count). The third-order valence-corrected chi connectivity index (χ3v) is 6.71. The summed E-state index contributed by atoms with van der Waals surface area (Å²) in [6.07, 6.45) is 1.42. The van der Waals surface area contributed by atoms with Crippen molar-refractivity contribution in [3.8, 4) is 40.1 Å². The van der Waals surface area contributed by atoms with Crippen molar-refractivity contribution in [2.45, 2.75) is 12.1 Å². The van der Waals surface area contributed by atoms with Gasteiger partial charge in [-0.15, -0.1) is 10.2 Å². The molecule has 13 heteroatoms. The molecule has 11 nitrogen and oxygen atoms in total. The Morgan fingerprint density at radius 3 is 2.22 bits per heavy atom. The number of carbonyl (C=O) groups is 2. The van der Waals surface area contributed by atoms with Crippen molar-refractivity contribution in [3.05, 3.63) is 71.2 Å². The minimum Gasteiger partial charge on any atom is -0.497 e. The molecule has 0 spiro atoms. The Bertz CT molecular complexity index is 1530. The molecule has 1 N–H and O–H groups in total. The summed E-state index contributed by atoms with van der Waals surface area (Å²) in [5.41, 5.74) is 4.65. The maximum Gasteiger partial charge on any atom is 0.308 e. The molecule has 0 radical (unpaired) electrons. The van der Waals surface area contributed by atoms with Gasteiger partial charge < -0.3 is 18.9 Å². The predicted molar refractivity (Wildman–Crippen MR) is 156 cm³/mol. The molecule has 1 heterocycles. The number of methoxy groups -OCH3 is 3. The Balaban J connectivity index is 1.49. The summed E-state index contributed by atoms with van der Waals surface area (Å²) in [6, 6.07) is 17.9. The lowest BCUT2D eigenvalue weighted by molar-refractivity contribution is -0.132. The minimum atomic E-state index is -0.518. The molecular formula is C28H26ClN5O6S. The van der Waals surface area contributed by atoms with E-state index in [9.17, 15) is 9.59 Å². The van der Waals surface area contributed by atoms with Gasteiger partial charge in [-0.2, -0.15) is 5.10 Å². The number of hydrogen-bond donors (Lipinski definition) is 1. The summed E-state index contributed by atoms with van der Waals surface area (Å²) >= 11 is 7.30. The molecule has 1 aromatic heterocycles. The van der Waals surface area contributed by atoms with E-state index in [1.165, 1.54) is 39.1 Å². The number of esters is 1. The molecule has 4 aromatic rings. The van der Waals surface area contributed by atoms with Crippen LogP contribution < -0.4 is 24.4 Å². The van der Waals surface area contributed by atoms with Crippen LogP contribution in [0.1, 0.15) is 12.5 Å². The lowest BCUT2D eigenvalue weighted by Gasteiger charge is -2.13. The summed E-state index contributed by atoms with van der Waals surface area (Å²) in [5.74, 6) is 1.15. The second-order valence-corrected chi connectivity index (χ2v) is 9.66. The highest BCUT2D eigenvalue weighted by atomic mass is 35.5. The van der Waals surface area contributed by atoms with E-state index in [0.717, 1.165) is 17.0 Å². The highest BCUT2D eigenvalue weighted by Gasteiger charge is 2.18. The van der Waals surface area contributed by atoms with Crippen LogP contribution >= 0.6 is 23.4 Å². The summed E-state index contributed by atoms with van der Waals surface area (Å²) in [6.45, 7) is 1.28. The molecule has 0 aliphatic heterocycles. The van der Waals surface area contributed by atoms with E-state index >= 15 is 0 Å². The van der Waals surface area contributed by atoms with Gasteiger partial charge in [-0.05, 0) is 60.7 Å². The predicted octanol–water partition coefficient (Wildman–Crippen LogP) is 4.78. The largest absolute Gasteiger partial charge is 0.497 e. The standard InChI is InChI=1S/C28H26ClN5O6S/c1-17(35)40-26-23(38-3)13-18(14-24(26)39-4)15-30-31-25(36)16-41-28-33-32-27(19-5-11-22(37-2)12-6-19)34(28)21-9-7-20(29)8-10-21/h5-15H,16H2,1-4H3,(H,31,36)/b30-15+. The molecule has 0 aliphatic carbocycles. The average molecular weight is 596 g/mol. The number of benzene rings is 3. The number of thioether (sulfide) groups is 1. The Kier molecular flexibility index (Phi) is 9.82. The van der Waals surface area contributed by atoms with Gasteiger partial charge in [0.1, 0.15) is 5.75 Å². The van der Waals surface area contributed by atoms with Gasteiger partial charge in [0.2, 0.25) is 5.75 Å². The first kappa shape index (κ1) is 29.4. The fourth-order valence-electron chi connectivity index (χ4n) is 3.67. The maximum atomic E-state index is 12.6. The number of carbonyl (C=O) groups excluding carboxylic acids is 2. The first-order valence-corrected chi connectivity index (χ1v) is 13.4. The zero-order valence-corrected chi connectivity index (χ0v) is 24.2. The fraction of sp³-hybridized carbons (Fsp3) is 0.179. The number of hydrogen-bond acceptors (Lipinski definition) is 10. The van der Waals surface area contributed by atoms with Crippen LogP contribution in [0.5, 0.6) is 23.0 Å². The van der Waals surface area contributed by atoms with Crippen LogP contribution in [0.2, 0.25) is 5.02 Å². The highest BCUT2D eigenvalue weighted by molar-refractivity contribution is 7.99. The number of amides is 1. The highest BCUT2D eigenvalue weighted by Crippen LogP contribution is 2.38. The summed E-state index contributed by atoms with van der Waals surface area (Å²) in [7, 11) is 4.47.